The molecule has 2 unspecified atom stereocenters. The lowest BCUT2D eigenvalue weighted by Crippen LogP contribution is -2.22. The van der Waals surface area contributed by atoms with Gasteiger partial charge in [-0.1, -0.05) is 36.2 Å². The molecule has 0 aliphatic carbocycles. The molecule has 2 atom stereocenters. The summed E-state index contributed by atoms with van der Waals surface area (Å²) in [6.45, 7) is 3.80. The Morgan fingerprint density at radius 2 is 2.15 bits per heavy atom. The second kappa shape index (κ2) is 8.23. The smallest absolute Gasteiger partial charge is 0.157 e. The van der Waals surface area contributed by atoms with Gasteiger partial charge in [-0.05, 0) is 55.7 Å². The summed E-state index contributed by atoms with van der Waals surface area (Å²) in [5, 5.41) is 1.24. The molecular weight excluding hydrogens is 295 g/mol. The average Bonchev–Trinajstić information content (AvgIpc) is 2.47. The van der Waals surface area contributed by atoms with E-state index in [1.165, 1.54) is 12.0 Å². The van der Waals surface area contributed by atoms with Crippen molar-refractivity contribution in [2.75, 3.05) is 13.2 Å². The van der Waals surface area contributed by atoms with Gasteiger partial charge in [0.1, 0.15) is 0 Å². The van der Waals surface area contributed by atoms with Crippen molar-refractivity contribution in [1.82, 2.24) is 0 Å². The number of ether oxygens (including phenoxy) is 2. The molecule has 4 heteroatoms. The Morgan fingerprint density at radius 1 is 1.30 bits per heavy atom. The summed E-state index contributed by atoms with van der Waals surface area (Å²) in [7, 11) is 0. The largest absolute Gasteiger partial charge is 0.353 e. The van der Waals surface area contributed by atoms with Gasteiger partial charge in [0.05, 0.1) is 10.0 Å². The molecular formula is C16H22Cl2O2. The van der Waals surface area contributed by atoms with E-state index in [1.807, 2.05) is 18.2 Å². The zero-order chi connectivity index (χ0) is 14.4. The summed E-state index contributed by atoms with van der Waals surface area (Å²) in [6, 6.07) is 5.87. The molecule has 1 aliphatic heterocycles. The Labute approximate surface area is 131 Å². The molecule has 0 spiro atoms. The standard InChI is InChI=1S/C16H22Cl2O2/c1-12(13-7-8-14(17)15(18)11-13)5-4-10-20-16-6-2-3-9-19-16/h7-8,11-12,16H,2-6,9-10H2,1H3. The minimum absolute atomic E-state index is 0.0176. The Kier molecular flexibility index (Phi) is 6.63. The topological polar surface area (TPSA) is 18.5 Å². The third-order valence-corrected chi connectivity index (χ3v) is 4.47. The van der Waals surface area contributed by atoms with Crippen LogP contribution in [0.15, 0.2) is 18.2 Å². The van der Waals surface area contributed by atoms with Gasteiger partial charge in [-0.2, -0.15) is 0 Å². The zero-order valence-corrected chi connectivity index (χ0v) is 13.4. The molecule has 1 heterocycles. The van der Waals surface area contributed by atoms with Gasteiger partial charge in [0, 0.05) is 13.2 Å². The van der Waals surface area contributed by atoms with Crippen molar-refractivity contribution in [3.8, 4) is 0 Å². The molecule has 1 fully saturated rings. The first-order chi connectivity index (χ1) is 9.66. The van der Waals surface area contributed by atoms with Gasteiger partial charge in [-0.15, -0.1) is 0 Å². The van der Waals surface area contributed by atoms with E-state index >= 15 is 0 Å². The van der Waals surface area contributed by atoms with E-state index in [-0.39, 0.29) is 6.29 Å². The van der Waals surface area contributed by atoms with Crippen molar-refractivity contribution in [2.24, 2.45) is 0 Å². The summed E-state index contributed by atoms with van der Waals surface area (Å²) in [4.78, 5) is 0. The first kappa shape index (κ1) is 16.1. The SMILES string of the molecule is CC(CCCOC1CCCCO1)c1ccc(Cl)c(Cl)c1. The van der Waals surface area contributed by atoms with Crippen molar-refractivity contribution < 1.29 is 9.47 Å². The van der Waals surface area contributed by atoms with Crippen LogP contribution in [0.2, 0.25) is 10.0 Å². The average molecular weight is 317 g/mol. The molecule has 0 saturated carbocycles. The van der Waals surface area contributed by atoms with Crippen LogP contribution in [0.1, 0.15) is 50.5 Å². The molecule has 0 N–H and O–H groups in total. The predicted octanol–water partition coefficient (Wildman–Crippen LogP) is 5.42. The van der Waals surface area contributed by atoms with Gasteiger partial charge < -0.3 is 9.47 Å². The van der Waals surface area contributed by atoms with Crippen LogP contribution < -0.4 is 0 Å². The molecule has 1 saturated heterocycles. The van der Waals surface area contributed by atoms with Crippen LogP contribution in [-0.4, -0.2) is 19.5 Å². The van der Waals surface area contributed by atoms with Gasteiger partial charge in [-0.3, -0.25) is 0 Å². The second-order valence-corrected chi connectivity index (χ2v) is 6.20. The van der Waals surface area contributed by atoms with Crippen LogP contribution in [0.25, 0.3) is 0 Å². The monoisotopic (exact) mass is 316 g/mol. The fourth-order valence-electron chi connectivity index (χ4n) is 2.43. The van der Waals surface area contributed by atoms with Gasteiger partial charge in [-0.25, -0.2) is 0 Å². The van der Waals surface area contributed by atoms with Crippen LogP contribution in [0, 0.1) is 0 Å². The van der Waals surface area contributed by atoms with Crippen LogP contribution in [-0.2, 0) is 9.47 Å². The molecule has 0 radical (unpaired) electrons. The summed E-state index contributed by atoms with van der Waals surface area (Å²) >= 11 is 12.0. The number of rotatable bonds is 6. The Balaban J connectivity index is 1.69. The van der Waals surface area contributed by atoms with Crippen LogP contribution >= 0.6 is 23.2 Å². The van der Waals surface area contributed by atoms with Crippen molar-refractivity contribution in [3.05, 3.63) is 33.8 Å². The van der Waals surface area contributed by atoms with E-state index < -0.39 is 0 Å². The minimum Gasteiger partial charge on any atom is -0.353 e. The molecule has 1 aromatic rings. The van der Waals surface area contributed by atoms with E-state index in [2.05, 4.69) is 6.92 Å². The Hall–Kier alpha value is -0.280. The second-order valence-electron chi connectivity index (χ2n) is 5.38. The van der Waals surface area contributed by atoms with Gasteiger partial charge in [0.2, 0.25) is 0 Å². The van der Waals surface area contributed by atoms with E-state index in [1.54, 1.807) is 0 Å². The molecule has 0 amide bonds. The van der Waals surface area contributed by atoms with Crippen molar-refractivity contribution >= 4 is 23.2 Å². The molecule has 1 aromatic carbocycles. The van der Waals surface area contributed by atoms with E-state index in [0.717, 1.165) is 38.9 Å². The minimum atomic E-state index is 0.0176. The molecule has 2 rings (SSSR count). The number of hydrogen-bond donors (Lipinski definition) is 0. The highest BCUT2D eigenvalue weighted by Crippen LogP contribution is 2.28. The molecule has 112 valence electrons. The maximum absolute atomic E-state index is 6.05. The number of halogens is 2. The highest BCUT2D eigenvalue weighted by Gasteiger charge is 2.14. The molecule has 20 heavy (non-hydrogen) atoms. The summed E-state index contributed by atoms with van der Waals surface area (Å²) < 4.78 is 11.3. The first-order valence-electron chi connectivity index (χ1n) is 7.35. The summed E-state index contributed by atoms with van der Waals surface area (Å²) in [5.41, 5.74) is 1.23. The van der Waals surface area contributed by atoms with Crippen molar-refractivity contribution in [2.45, 2.75) is 51.2 Å². The van der Waals surface area contributed by atoms with E-state index in [0.29, 0.717) is 16.0 Å². The van der Waals surface area contributed by atoms with Crippen LogP contribution in [0.4, 0.5) is 0 Å². The molecule has 0 bridgehead atoms. The normalized spacial score (nSPS) is 20.9. The zero-order valence-electron chi connectivity index (χ0n) is 11.9. The lowest BCUT2D eigenvalue weighted by atomic mass is 9.96. The first-order valence-corrected chi connectivity index (χ1v) is 8.10. The van der Waals surface area contributed by atoms with Crippen LogP contribution in [0.3, 0.4) is 0 Å². The highest BCUT2D eigenvalue weighted by molar-refractivity contribution is 6.42. The lowest BCUT2D eigenvalue weighted by Gasteiger charge is -2.23. The molecule has 2 nitrogen and oxygen atoms in total. The maximum Gasteiger partial charge on any atom is 0.157 e. The van der Waals surface area contributed by atoms with Crippen LogP contribution in [0.5, 0.6) is 0 Å². The number of benzene rings is 1. The van der Waals surface area contributed by atoms with Gasteiger partial charge >= 0.3 is 0 Å². The lowest BCUT2D eigenvalue weighted by molar-refractivity contribution is -0.162. The molecule has 0 aromatic heterocycles. The van der Waals surface area contributed by atoms with E-state index in [4.69, 9.17) is 32.7 Å². The maximum atomic E-state index is 6.05. The fraction of sp³-hybridized carbons (Fsp3) is 0.625. The third-order valence-electron chi connectivity index (χ3n) is 3.74. The predicted molar refractivity (Wildman–Crippen MR) is 83.7 cm³/mol. The van der Waals surface area contributed by atoms with Gasteiger partial charge in [0.15, 0.2) is 6.29 Å². The van der Waals surface area contributed by atoms with Crippen molar-refractivity contribution in [1.29, 1.82) is 0 Å². The summed E-state index contributed by atoms with van der Waals surface area (Å²) in [6.07, 6.45) is 5.52. The van der Waals surface area contributed by atoms with E-state index in [9.17, 15) is 0 Å². The Bertz CT molecular complexity index is 417. The van der Waals surface area contributed by atoms with Gasteiger partial charge in [0.25, 0.3) is 0 Å². The van der Waals surface area contributed by atoms with Crippen molar-refractivity contribution in [3.63, 3.8) is 0 Å². The number of hydrogen-bond acceptors (Lipinski definition) is 2. The highest BCUT2D eigenvalue weighted by atomic mass is 35.5. The Morgan fingerprint density at radius 3 is 2.85 bits per heavy atom. The quantitative estimate of drug-likeness (QED) is 0.652. The summed E-state index contributed by atoms with van der Waals surface area (Å²) in [5.74, 6) is 0.459. The molecule has 1 aliphatic rings. The third kappa shape index (κ3) is 4.92. The fourth-order valence-corrected chi connectivity index (χ4v) is 2.74.